The Bertz CT molecular complexity index is 313. The molecule has 1 aromatic rings. The second-order valence-corrected chi connectivity index (χ2v) is 3.56. The Balaban J connectivity index is 3.18. The van der Waals surface area contributed by atoms with Gasteiger partial charge in [-0.15, -0.1) is 0 Å². The van der Waals surface area contributed by atoms with Gasteiger partial charge in [0.1, 0.15) is 0 Å². The van der Waals surface area contributed by atoms with Crippen molar-refractivity contribution in [3.05, 3.63) is 48.0 Å². The topological polar surface area (TPSA) is 0 Å². The molecule has 0 heterocycles. The minimum atomic E-state index is 0.981. The quantitative estimate of drug-likeness (QED) is 0.696. The van der Waals surface area contributed by atoms with Crippen LogP contribution in [0.15, 0.2) is 31.4 Å². The van der Waals surface area contributed by atoms with Gasteiger partial charge < -0.3 is 0 Å². The molecule has 0 bridgehead atoms. The molecular weight excluding hydrogens is 224 g/mol. The zero-order valence-electron chi connectivity index (χ0n) is 7.59. The summed E-state index contributed by atoms with van der Waals surface area (Å²) in [6, 6.07) is 6.25. The van der Waals surface area contributed by atoms with Crippen molar-refractivity contribution in [2.45, 2.75) is 6.42 Å². The minimum Gasteiger partial charge on any atom is -0.0984 e. The summed E-state index contributed by atoms with van der Waals surface area (Å²) in [6.07, 6.45) is 4.80. The highest BCUT2D eigenvalue weighted by Gasteiger charge is 2.01. The first-order chi connectivity index (χ1) is 6.33. The average molecular weight is 237 g/mol. The third-order valence-electron chi connectivity index (χ3n) is 2.02. The molecule has 13 heavy (non-hydrogen) atoms. The monoisotopic (exact) mass is 236 g/mol. The highest BCUT2D eigenvalue weighted by molar-refractivity contribution is 9.09. The number of aryl methyl sites for hydroxylation is 1. The van der Waals surface area contributed by atoms with E-state index in [2.05, 4.69) is 47.3 Å². The number of rotatable bonds is 4. The molecule has 0 aliphatic heterocycles. The van der Waals surface area contributed by atoms with Gasteiger partial charge in [-0.05, 0) is 23.1 Å². The molecule has 0 aliphatic rings. The van der Waals surface area contributed by atoms with E-state index in [9.17, 15) is 0 Å². The molecule has 1 rings (SSSR count). The summed E-state index contributed by atoms with van der Waals surface area (Å²) >= 11 is 3.44. The van der Waals surface area contributed by atoms with Gasteiger partial charge in [0.2, 0.25) is 0 Å². The van der Waals surface area contributed by atoms with Crippen LogP contribution in [0.2, 0.25) is 0 Å². The van der Waals surface area contributed by atoms with E-state index < -0.39 is 0 Å². The number of benzene rings is 1. The molecule has 0 atom stereocenters. The largest absolute Gasteiger partial charge is 0.0984 e. The fourth-order valence-corrected chi connectivity index (χ4v) is 1.81. The third kappa shape index (κ3) is 2.31. The molecule has 0 saturated heterocycles. The molecule has 0 radical (unpaired) electrons. The van der Waals surface area contributed by atoms with Crippen LogP contribution in [-0.2, 0) is 6.42 Å². The van der Waals surface area contributed by atoms with Crippen molar-refractivity contribution in [1.29, 1.82) is 0 Å². The van der Waals surface area contributed by atoms with E-state index in [1.165, 1.54) is 11.1 Å². The molecule has 0 amide bonds. The number of hydrogen-bond donors (Lipinski definition) is 0. The zero-order chi connectivity index (χ0) is 9.68. The molecule has 0 fully saturated rings. The Morgan fingerprint density at radius 1 is 1.23 bits per heavy atom. The minimum absolute atomic E-state index is 0.981. The van der Waals surface area contributed by atoms with Crippen LogP contribution in [-0.4, -0.2) is 5.33 Å². The SMILES string of the molecule is C=Cc1cccc(CCBr)c1C=C. The molecule has 1 heteroatoms. The Morgan fingerprint density at radius 3 is 2.54 bits per heavy atom. The van der Waals surface area contributed by atoms with Crippen molar-refractivity contribution in [3.63, 3.8) is 0 Å². The lowest BCUT2D eigenvalue weighted by atomic mass is 9.99. The molecule has 68 valence electrons. The summed E-state index contributed by atoms with van der Waals surface area (Å²) in [5.41, 5.74) is 3.69. The Labute approximate surface area is 88.1 Å². The molecule has 0 aliphatic carbocycles. The molecule has 0 nitrogen and oxygen atoms in total. The Kier molecular flexibility index (Phi) is 3.97. The highest BCUT2D eigenvalue weighted by atomic mass is 79.9. The Hall–Kier alpha value is -0.820. The fraction of sp³-hybridized carbons (Fsp3) is 0.167. The summed E-state index contributed by atoms with van der Waals surface area (Å²) in [4.78, 5) is 0. The van der Waals surface area contributed by atoms with Crippen molar-refractivity contribution < 1.29 is 0 Å². The van der Waals surface area contributed by atoms with E-state index in [1.807, 2.05) is 12.2 Å². The van der Waals surface area contributed by atoms with Crippen LogP contribution in [0, 0.1) is 0 Å². The van der Waals surface area contributed by atoms with E-state index in [0.717, 1.165) is 17.3 Å². The summed E-state index contributed by atoms with van der Waals surface area (Å²) in [6.45, 7) is 7.60. The van der Waals surface area contributed by atoms with Gasteiger partial charge in [0.25, 0.3) is 0 Å². The highest BCUT2D eigenvalue weighted by Crippen LogP contribution is 2.18. The summed E-state index contributed by atoms with van der Waals surface area (Å²) in [5.74, 6) is 0. The van der Waals surface area contributed by atoms with Gasteiger partial charge in [-0.2, -0.15) is 0 Å². The van der Waals surface area contributed by atoms with Gasteiger partial charge in [0.15, 0.2) is 0 Å². The van der Waals surface area contributed by atoms with Gasteiger partial charge in [-0.25, -0.2) is 0 Å². The summed E-state index contributed by atoms with van der Waals surface area (Å²) in [5, 5.41) is 0.981. The van der Waals surface area contributed by atoms with Crippen molar-refractivity contribution in [3.8, 4) is 0 Å². The predicted molar refractivity (Wildman–Crippen MR) is 64.1 cm³/mol. The lowest BCUT2D eigenvalue weighted by molar-refractivity contribution is 1.16. The first-order valence-electron chi connectivity index (χ1n) is 4.26. The first-order valence-corrected chi connectivity index (χ1v) is 5.38. The molecule has 0 saturated carbocycles. The van der Waals surface area contributed by atoms with Crippen LogP contribution in [0.3, 0.4) is 0 Å². The molecule has 0 N–H and O–H groups in total. The smallest absolute Gasteiger partial charge is 0.00720 e. The van der Waals surface area contributed by atoms with Gasteiger partial charge in [0.05, 0.1) is 0 Å². The summed E-state index contributed by atoms with van der Waals surface area (Å²) < 4.78 is 0. The second-order valence-electron chi connectivity index (χ2n) is 2.77. The van der Waals surface area contributed by atoms with E-state index in [1.54, 1.807) is 0 Å². The normalized spacial score (nSPS) is 9.62. The first kappa shape index (κ1) is 10.3. The van der Waals surface area contributed by atoms with E-state index in [4.69, 9.17) is 0 Å². The second kappa shape index (κ2) is 5.03. The maximum atomic E-state index is 3.82. The van der Waals surface area contributed by atoms with Crippen LogP contribution >= 0.6 is 15.9 Å². The van der Waals surface area contributed by atoms with Crippen LogP contribution in [0.4, 0.5) is 0 Å². The van der Waals surface area contributed by atoms with Crippen LogP contribution in [0.25, 0.3) is 12.2 Å². The standard InChI is InChI=1S/C12H13Br/c1-3-10-6-5-7-11(8-9-13)12(10)4-2/h3-7H,1-2,8-9H2. The van der Waals surface area contributed by atoms with Crippen LogP contribution in [0.5, 0.6) is 0 Å². The van der Waals surface area contributed by atoms with Crippen LogP contribution in [0.1, 0.15) is 16.7 Å². The van der Waals surface area contributed by atoms with E-state index >= 15 is 0 Å². The van der Waals surface area contributed by atoms with Crippen molar-refractivity contribution >= 4 is 28.1 Å². The maximum absolute atomic E-state index is 3.82. The Morgan fingerprint density at radius 2 is 2.00 bits per heavy atom. The number of alkyl halides is 1. The lowest BCUT2D eigenvalue weighted by Crippen LogP contribution is -1.92. The number of halogens is 1. The molecular formula is C12H13Br. The molecule has 1 aromatic carbocycles. The van der Waals surface area contributed by atoms with E-state index in [-0.39, 0.29) is 0 Å². The van der Waals surface area contributed by atoms with Crippen molar-refractivity contribution in [1.82, 2.24) is 0 Å². The molecule has 0 unspecified atom stereocenters. The van der Waals surface area contributed by atoms with Gasteiger partial charge >= 0.3 is 0 Å². The van der Waals surface area contributed by atoms with E-state index in [0.29, 0.717) is 0 Å². The maximum Gasteiger partial charge on any atom is 0.00720 e. The zero-order valence-corrected chi connectivity index (χ0v) is 9.18. The molecule has 0 spiro atoms. The van der Waals surface area contributed by atoms with Gasteiger partial charge in [-0.1, -0.05) is 59.4 Å². The lowest BCUT2D eigenvalue weighted by Gasteiger charge is -2.07. The average Bonchev–Trinajstić information content (AvgIpc) is 2.18. The molecule has 0 aromatic heterocycles. The van der Waals surface area contributed by atoms with Gasteiger partial charge in [0, 0.05) is 5.33 Å². The van der Waals surface area contributed by atoms with Crippen molar-refractivity contribution in [2.24, 2.45) is 0 Å². The summed E-state index contributed by atoms with van der Waals surface area (Å²) in [7, 11) is 0. The van der Waals surface area contributed by atoms with Crippen molar-refractivity contribution in [2.75, 3.05) is 5.33 Å². The predicted octanol–water partition coefficient (Wildman–Crippen LogP) is 3.91. The third-order valence-corrected chi connectivity index (χ3v) is 2.41. The fourth-order valence-electron chi connectivity index (χ4n) is 1.38. The van der Waals surface area contributed by atoms with Gasteiger partial charge in [-0.3, -0.25) is 0 Å². The van der Waals surface area contributed by atoms with Crippen LogP contribution < -0.4 is 0 Å². The number of hydrogen-bond acceptors (Lipinski definition) is 0.